The van der Waals surface area contributed by atoms with Crippen LogP contribution in [-0.4, -0.2) is 32.6 Å². The van der Waals surface area contributed by atoms with E-state index in [4.69, 9.17) is 14.2 Å². The maximum absolute atomic E-state index is 12.4. The Morgan fingerprint density at radius 3 is 2.27 bits per heavy atom. The summed E-state index contributed by atoms with van der Waals surface area (Å²) in [6.45, 7) is -0.260. The van der Waals surface area contributed by atoms with Crippen LogP contribution in [0.2, 0.25) is 0 Å². The summed E-state index contributed by atoms with van der Waals surface area (Å²) in [5.74, 6) is 0.431. The molecule has 154 valence electrons. The van der Waals surface area contributed by atoms with Gasteiger partial charge in [0.05, 0.1) is 19.8 Å². The van der Waals surface area contributed by atoms with E-state index < -0.39 is 11.8 Å². The first-order valence-corrected chi connectivity index (χ1v) is 9.21. The summed E-state index contributed by atoms with van der Waals surface area (Å²) in [6, 6.07) is 21.9. The number of hydrazine groups is 1. The molecule has 0 fully saturated rings. The molecule has 0 unspecified atom stereocenters. The molecule has 3 aromatic carbocycles. The van der Waals surface area contributed by atoms with E-state index in [1.54, 1.807) is 24.3 Å². The maximum Gasteiger partial charge on any atom is 0.276 e. The van der Waals surface area contributed by atoms with Gasteiger partial charge >= 0.3 is 0 Å². The fraction of sp³-hybridized carbons (Fsp3) is 0.130. The molecule has 0 radical (unpaired) electrons. The summed E-state index contributed by atoms with van der Waals surface area (Å²) in [4.78, 5) is 24.5. The largest absolute Gasteiger partial charge is 0.497 e. The standard InChI is InChI=1S/C23H22N2O5/c1-28-17-12-13-19(21(14-17)29-2)23(27)25-24-22(26)15-30-20-11-7-6-10-18(20)16-8-4-3-5-9-16/h3-14H,15H2,1-2H3,(H,24,26)(H,25,27). The van der Waals surface area contributed by atoms with Crippen molar-refractivity contribution >= 4 is 11.8 Å². The summed E-state index contributed by atoms with van der Waals surface area (Å²) in [6.07, 6.45) is 0. The summed E-state index contributed by atoms with van der Waals surface area (Å²) in [5.41, 5.74) is 6.81. The molecule has 0 saturated carbocycles. The topological polar surface area (TPSA) is 85.9 Å². The highest BCUT2D eigenvalue weighted by Crippen LogP contribution is 2.29. The van der Waals surface area contributed by atoms with Crippen molar-refractivity contribution in [2.24, 2.45) is 0 Å². The minimum atomic E-state index is -0.521. The number of nitrogens with one attached hydrogen (secondary N) is 2. The molecule has 0 heterocycles. The highest BCUT2D eigenvalue weighted by Gasteiger charge is 2.14. The Kier molecular flexibility index (Phi) is 6.89. The smallest absolute Gasteiger partial charge is 0.276 e. The summed E-state index contributed by atoms with van der Waals surface area (Å²) < 4.78 is 16.0. The van der Waals surface area contributed by atoms with Gasteiger partial charge in [0, 0.05) is 11.6 Å². The van der Waals surface area contributed by atoms with Crippen molar-refractivity contribution in [2.45, 2.75) is 0 Å². The maximum atomic E-state index is 12.4. The zero-order valence-electron chi connectivity index (χ0n) is 16.7. The highest BCUT2D eigenvalue weighted by molar-refractivity contribution is 5.98. The molecule has 7 nitrogen and oxygen atoms in total. The zero-order valence-corrected chi connectivity index (χ0v) is 16.7. The van der Waals surface area contributed by atoms with Gasteiger partial charge < -0.3 is 14.2 Å². The van der Waals surface area contributed by atoms with Crippen molar-refractivity contribution in [1.82, 2.24) is 10.9 Å². The fourth-order valence-electron chi connectivity index (χ4n) is 2.81. The molecule has 3 rings (SSSR count). The van der Waals surface area contributed by atoms with E-state index in [-0.39, 0.29) is 12.2 Å². The van der Waals surface area contributed by atoms with Gasteiger partial charge in [0.1, 0.15) is 17.2 Å². The summed E-state index contributed by atoms with van der Waals surface area (Å²) in [5, 5.41) is 0. The van der Waals surface area contributed by atoms with E-state index in [1.165, 1.54) is 14.2 Å². The SMILES string of the molecule is COc1ccc(C(=O)NNC(=O)COc2ccccc2-c2ccccc2)c(OC)c1. The summed E-state index contributed by atoms with van der Waals surface area (Å²) in [7, 11) is 2.97. The van der Waals surface area contributed by atoms with E-state index >= 15 is 0 Å². The first-order chi connectivity index (χ1) is 14.6. The number of rotatable bonds is 7. The third kappa shape index (κ3) is 5.08. The quantitative estimate of drug-likeness (QED) is 0.589. The van der Waals surface area contributed by atoms with Crippen molar-refractivity contribution in [2.75, 3.05) is 20.8 Å². The van der Waals surface area contributed by atoms with E-state index in [9.17, 15) is 9.59 Å². The highest BCUT2D eigenvalue weighted by atomic mass is 16.5. The van der Waals surface area contributed by atoms with Gasteiger partial charge in [0.2, 0.25) is 0 Å². The number of para-hydroxylation sites is 1. The minimum absolute atomic E-state index is 0.258. The van der Waals surface area contributed by atoms with E-state index in [2.05, 4.69) is 10.9 Å². The molecule has 2 amide bonds. The first-order valence-electron chi connectivity index (χ1n) is 9.21. The van der Waals surface area contributed by atoms with Crippen LogP contribution in [0.4, 0.5) is 0 Å². The second kappa shape index (κ2) is 9.97. The molecule has 3 aromatic rings. The van der Waals surface area contributed by atoms with Gasteiger partial charge in [-0.25, -0.2) is 0 Å². The van der Waals surface area contributed by atoms with Crippen LogP contribution < -0.4 is 25.1 Å². The van der Waals surface area contributed by atoms with Crippen LogP contribution in [-0.2, 0) is 4.79 Å². The summed E-state index contributed by atoms with van der Waals surface area (Å²) >= 11 is 0. The van der Waals surface area contributed by atoms with Crippen molar-refractivity contribution in [3.05, 3.63) is 78.4 Å². The molecule has 0 aliphatic carbocycles. The van der Waals surface area contributed by atoms with Gasteiger partial charge in [-0.2, -0.15) is 0 Å². The van der Waals surface area contributed by atoms with Crippen LogP contribution in [0.3, 0.4) is 0 Å². The van der Waals surface area contributed by atoms with Gasteiger partial charge in [0.15, 0.2) is 6.61 Å². The Hall–Kier alpha value is -4.00. The van der Waals surface area contributed by atoms with Crippen LogP contribution in [0, 0.1) is 0 Å². The predicted molar refractivity (Wildman–Crippen MR) is 113 cm³/mol. The fourth-order valence-corrected chi connectivity index (χ4v) is 2.81. The van der Waals surface area contributed by atoms with Crippen LogP contribution in [0.15, 0.2) is 72.8 Å². The van der Waals surface area contributed by atoms with Crippen LogP contribution >= 0.6 is 0 Å². The molecule has 0 saturated heterocycles. The number of hydrogen-bond acceptors (Lipinski definition) is 5. The molecular weight excluding hydrogens is 384 g/mol. The molecular formula is C23H22N2O5. The van der Waals surface area contributed by atoms with Gasteiger partial charge in [-0.05, 0) is 23.8 Å². The minimum Gasteiger partial charge on any atom is -0.497 e. The molecule has 0 aliphatic rings. The third-order valence-electron chi connectivity index (χ3n) is 4.30. The number of methoxy groups -OCH3 is 2. The number of amides is 2. The number of carbonyl (C=O) groups is 2. The number of hydrogen-bond donors (Lipinski definition) is 2. The molecule has 7 heteroatoms. The number of carbonyl (C=O) groups excluding carboxylic acids is 2. The number of ether oxygens (including phenoxy) is 3. The average Bonchev–Trinajstić information content (AvgIpc) is 2.81. The zero-order chi connectivity index (χ0) is 21.3. The van der Waals surface area contributed by atoms with Crippen LogP contribution in [0.1, 0.15) is 10.4 Å². The van der Waals surface area contributed by atoms with Crippen molar-refractivity contribution in [3.63, 3.8) is 0 Å². The van der Waals surface area contributed by atoms with E-state index in [0.29, 0.717) is 17.2 Å². The Morgan fingerprint density at radius 1 is 0.800 bits per heavy atom. The molecule has 0 spiro atoms. The second-order valence-electron chi connectivity index (χ2n) is 6.22. The lowest BCUT2D eigenvalue weighted by Gasteiger charge is -2.13. The molecule has 0 aromatic heterocycles. The Morgan fingerprint density at radius 2 is 1.53 bits per heavy atom. The van der Waals surface area contributed by atoms with Gasteiger partial charge in [0.25, 0.3) is 11.8 Å². The Balaban J connectivity index is 1.58. The second-order valence-corrected chi connectivity index (χ2v) is 6.22. The lowest BCUT2D eigenvalue weighted by Crippen LogP contribution is -2.43. The van der Waals surface area contributed by atoms with Crippen molar-refractivity contribution < 1.29 is 23.8 Å². The van der Waals surface area contributed by atoms with Crippen molar-refractivity contribution in [1.29, 1.82) is 0 Å². The number of benzene rings is 3. The van der Waals surface area contributed by atoms with E-state index in [0.717, 1.165) is 11.1 Å². The molecule has 30 heavy (non-hydrogen) atoms. The van der Waals surface area contributed by atoms with Gasteiger partial charge in [-0.1, -0.05) is 48.5 Å². The molecule has 0 atom stereocenters. The lowest BCUT2D eigenvalue weighted by atomic mass is 10.1. The molecule has 2 N–H and O–H groups in total. The molecule has 0 aliphatic heterocycles. The monoisotopic (exact) mass is 406 g/mol. The normalized spacial score (nSPS) is 10.1. The van der Waals surface area contributed by atoms with Gasteiger partial charge in [-0.15, -0.1) is 0 Å². The van der Waals surface area contributed by atoms with Gasteiger partial charge in [-0.3, -0.25) is 20.4 Å². The Labute approximate surface area is 174 Å². The van der Waals surface area contributed by atoms with Crippen LogP contribution in [0.5, 0.6) is 17.2 Å². The third-order valence-corrected chi connectivity index (χ3v) is 4.30. The first kappa shape index (κ1) is 20.7. The predicted octanol–water partition coefficient (Wildman–Crippen LogP) is 3.21. The van der Waals surface area contributed by atoms with Crippen molar-refractivity contribution in [3.8, 4) is 28.4 Å². The molecule has 0 bridgehead atoms. The van der Waals surface area contributed by atoms with Crippen LogP contribution in [0.25, 0.3) is 11.1 Å². The average molecular weight is 406 g/mol. The van der Waals surface area contributed by atoms with E-state index in [1.807, 2.05) is 48.5 Å². The lowest BCUT2D eigenvalue weighted by molar-refractivity contribution is -0.123. The Bertz CT molecular complexity index is 1020.